The maximum absolute atomic E-state index is 11.8. The fourth-order valence-corrected chi connectivity index (χ4v) is 2.21. The van der Waals surface area contributed by atoms with Gasteiger partial charge in [0.2, 0.25) is 0 Å². The molecule has 0 bridgehead atoms. The maximum atomic E-state index is 11.8. The van der Waals surface area contributed by atoms with Crippen molar-refractivity contribution in [3.8, 4) is 10.6 Å². The Hall–Kier alpha value is -1.66. The molecular weight excluding hydrogens is 266 g/mol. The van der Waals surface area contributed by atoms with E-state index in [2.05, 4.69) is 4.98 Å². The summed E-state index contributed by atoms with van der Waals surface area (Å²) >= 11 is 1.27. The molecular formula is C13H15NO4S. The van der Waals surface area contributed by atoms with E-state index < -0.39 is 11.6 Å². The summed E-state index contributed by atoms with van der Waals surface area (Å²) in [7, 11) is 0. The lowest BCUT2D eigenvalue weighted by atomic mass is 10.2. The normalized spacial score (nSPS) is 11.6. The molecule has 2 rings (SSSR count). The van der Waals surface area contributed by atoms with E-state index in [0.717, 1.165) is 4.88 Å². The molecule has 1 N–H and O–H groups in total. The van der Waals surface area contributed by atoms with Crippen LogP contribution >= 0.6 is 11.3 Å². The smallest absolute Gasteiger partial charge is 0.348 e. The van der Waals surface area contributed by atoms with Gasteiger partial charge in [-0.3, -0.25) is 0 Å². The Labute approximate surface area is 114 Å². The van der Waals surface area contributed by atoms with Crippen LogP contribution < -0.4 is 0 Å². The number of hydrogen-bond acceptors (Lipinski definition) is 6. The largest absolute Gasteiger partial charge is 0.458 e. The van der Waals surface area contributed by atoms with Crippen molar-refractivity contribution in [2.45, 2.75) is 26.4 Å². The van der Waals surface area contributed by atoms with E-state index in [1.54, 1.807) is 39.1 Å². The molecule has 2 aromatic heterocycles. The molecule has 0 aliphatic carbocycles. The number of carbonyl (C=O) groups is 1. The second-order valence-electron chi connectivity index (χ2n) is 4.80. The van der Waals surface area contributed by atoms with Crippen LogP contribution in [0.15, 0.2) is 22.7 Å². The fraction of sp³-hybridized carbons (Fsp3) is 0.385. The molecule has 0 spiro atoms. The zero-order chi connectivity index (χ0) is 14.0. The lowest BCUT2D eigenvalue weighted by Gasteiger charge is -2.16. The summed E-state index contributed by atoms with van der Waals surface area (Å²) in [5.41, 5.74) is -1.03. The highest BCUT2D eigenvalue weighted by atomic mass is 32.1. The third-order valence-electron chi connectivity index (χ3n) is 2.23. The Morgan fingerprint density at radius 3 is 2.84 bits per heavy atom. The van der Waals surface area contributed by atoms with Crippen molar-refractivity contribution in [1.82, 2.24) is 4.98 Å². The van der Waals surface area contributed by atoms with Gasteiger partial charge in [-0.25, -0.2) is 9.78 Å². The van der Waals surface area contributed by atoms with Gasteiger partial charge in [0.15, 0.2) is 11.7 Å². The van der Waals surface area contributed by atoms with Gasteiger partial charge in [0.25, 0.3) is 0 Å². The summed E-state index contributed by atoms with van der Waals surface area (Å²) in [6.07, 6.45) is 1.62. The Morgan fingerprint density at radius 1 is 1.53 bits per heavy atom. The highest BCUT2D eigenvalue weighted by Crippen LogP contribution is 2.29. The number of nitrogens with zero attached hydrogens (tertiary/aromatic N) is 1. The number of aromatic nitrogens is 1. The summed E-state index contributed by atoms with van der Waals surface area (Å²) in [6.45, 7) is 4.88. The molecule has 0 aliphatic heterocycles. The van der Waals surface area contributed by atoms with E-state index in [4.69, 9.17) is 9.15 Å². The van der Waals surface area contributed by atoms with Crippen LogP contribution in [0.25, 0.3) is 10.6 Å². The van der Waals surface area contributed by atoms with E-state index in [-0.39, 0.29) is 6.61 Å². The minimum atomic E-state index is -1.03. The van der Waals surface area contributed by atoms with Gasteiger partial charge in [-0.1, -0.05) is 0 Å². The summed E-state index contributed by atoms with van der Waals surface area (Å²) in [5, 5.41) is 9.50. The van der Waals surface area contributed by atoms with Crippen molar-refractivity contribution in [2.24, 2.45) is 0 Å². The Balaban J connectivity index is 2.07. The lowest BCUT2D eigenvalue weighted by Crippen LogP contribution is -2.27. The van der Waals surface area contributed by atoms with Crippen molar-refractivity contribution in [1.29, 1.82) is 0 Å². The van der Waals surface area contributed by atoms with E-state index >= 15 is 0 Å². The number of carbonyl (C=O) groups excluding carboxylic acids is 1. The van der Waals surface area contributed by atoms with Crippen molar-refractivity contribution in [3.63, 3.8) is 0 Å². The number of oxazole rings is 1. The van der Waals surface area contributed by atoms with Crippen molar-refractivity contribution >= 4 is 17.3 Å². The number of aliphatic hydroxyl groups is 1. The summed E-state index contributed by atoms with van der Waals surface area (Å²) in [5.74, 6) is 0.758. The predicted octanol–water partition coefficient (Wildman–Crippen LogP) is 2.64. The van der Waals surface area contributed by atoms with Gasteiger partial charge in [-0.15, -0.1) is 11.3 Å². The average molecular weight is 281 g/mol. The summed E-state index contributed by atoms with van der Waals surface area (Å²) in [4.78, 5) is 17.1. The van der Waals surface area contributed by atoms with Crippen molar-refractivity contribution < 1.29 is 19.1 Å². The quantitative estimate of drug-likeness (QED) is 0.872. The van der Waals surface area contributed by atoms with Crippen LogP contribution in [0.4, 0.5) is 0 Å². The van der Waals surface area contributed by atoms with Gasteiger partial charge in [-0.2, -0.15) is 0 Å². The molecule has 0 radical (unpaired) electrons. The van der Waals surface area contributed by atoms with Gasteiger partial charge in [-0.05, 0) is 26.0 Å². The number of esters is 1. The third kappa shape index (κ3) is 3.65. The van der Waals surface area contributed by atoms with Gasteiger partial charge in [0.05, 0.1) is 16.7 Å². The van der Waals surface area contributed by atoms with E-state index in [0.29, 0.717) is 16.5 Å². The zero-order valence-corrected chi connectivity index (χ0v) is 11.8. The van der Waals surface area contributed by atoms with Gasteiger partial charge in [0.1, 0.15) is 11.5 Å². The predicted molar refractivity (Wildman–Crippen MR) is 71.1 cm³/mol. The van der Waals surface area contributed by atoms with Crippen LogP contribution in [0.5, 0.6) is 0 Å². The number of ether oxygens (including phenoxy) is 1. The second-order valence-corrected chi connectivity index (χ2v) is 5.88. The van der Waals surface area contributed by atoms with E-state index in [1.807, 2.05) is 0 Å². The molecule has 6 heteroatoms. The highest BCUT2D eigenvalue weighted by molar-refractivity contribution is 7.17. The van der Waals surface area contributed by atoms with Gasteiger partial charge < -0.3 is 14.3 Å². The molecule has 2 heterocycles. The van der Waals surface area contributed by atoms with Crippen LogP contribution in [0.2, 0.25) is 0 Å². The number of aryl methyl sites for hydroxylation is 1. The molecule has 0 amide bonds. The molecule has 102 valence electrons. The Kier molecular flexibility index (Phi) is 3.73. The molecule has 2 aromatic rings. The second kappa shape index (κ2) is 5.14. The van der Waals surface area contributed by atoms with Crippen LogP contribution in [-0.2, 0) is 4.74 Å². The van der Waals surface area contributed by atoms with Crippen LogP contribution in [-0.4, -0.2) is 28.3 Å². The highest BCUT2D eigenvalue weighted by Gasteiger charge is 2.18. The minimum Gasteiger partial charge on any atom is -0.458 e. The van der Waals surface area contributed by atoms with E-state index in [1.165, 1.54) is 11.3 Å². The van der Waals surface area contributed by atoms with Gasteiger partial charge >= 0.3 is 5.97 Å². The third-order valence-corrected chi connectivity index (χ3v) is 3.31. The lowest BCUT2D eigenvalue weighted by molar-refractivity contribution is -0.00971. The van der Waals surface area contributed by atoms with Crippen LogP contribution in [0, 0.1) is 6.92 Å². The van der Waals surface area contributed by atoms with Crippen molar-refractivity contribution in [2.75, 3.05) is 6.61 Å². The first-order chi connectivity index (χ1) is 8.85. The zero-order valence-electron chi connectivity index (χ0n) is 11.0. The number of rotatable bonds is 4. The molecule has 0 aliphatic rings. The molecule has 19 heavy (non-hydrogen) atoms. The van der Waals surface area contributed by atoms with Crippen molar-refractivity contribution in [3.05, 3.63) is 29.1 Å². The first kappa shape index (κ1) is 13.8. The molecule has 0 aromatic carbocycles. The standard InChI is InChI=1S/C13H15NO4S/c1-8-14-6-9(18-8)10-4-5-11(19-10)12(15)17-7-13(2,3)16/h4-6,16H,7H2,1-3H3. The van der Waals surface area contributed by atoms with Crippen LogP contribution in [0.1, 0.15) is 29.4 Å². The Bertz CT molecular complexity index is 579. The maximum Gasteiger partial charge on any atom is 0.348 e. The average Bonchev–Trinajstić information content (AvgIpc) is 2.93. The SMILES string of the molecule is Cc1ncc(-c2ccc(C(=O)OCC(C)(C)O)s2)o1. The monoisotopic (exact) mass is 281 g/mol. The summed E-state index contributed by atoms with van der Waals surface area (Å²) in [6, 6.07) is 3.45. The summed E-state index contributed by atoms with van der Waals surface area (Å²) < 4.78 is 10.4. The molecule has 0 fully saturated rings. The molecule has 0 saturated heterocycles. The number of thiophene rings is 1. The minimum absolute atomic E-state index is 0.0412. The fourth-order valence-electron chi connectivity index (χ4n) is 1.37. The molecule has 0 atom stereocenters. The topological polar surface area (TPSA) is 72.6 Å². The molecule has 5 nitrogen and oxygen atoms in total. The first-order valence-corrected chi connectivity index (χ1v) is 6.59. The first-order valence-electron chi connectivity index (χ1n) is 5.77. The number of hydrogen-bond donors (Lipinski definition) is 1. The van der Waals surface area contributed by atoms with Crippen LogP contribution in [0.3, 0.4) is 0 Å². The van der Waals surface area contributed by atoms with Gasteiger partial charge in [0, 0.05) is 6.92 Å². The van der Waals surface area contributed by atoms with E-state index in [9.17, 15) is 9.90 Å². The molecule has 0 saturated carbocycles. The molecule has 0 unspecified atom stereocenters. The Morgan fingerprint density at radius 2 is 2.26 bits per heavy atom.